The lowest BCUT2D eigenvalue weighted by Gasteiger charge is -2.04. The number of nitrogens with zero attached hydrogens (tertiary/aromatic N) is 1. The Hall–Kier alpha value is -0.170. The monoisotopic (exact) mass is 274 g/mol. The molecule has 0 rings (SSSR count). The van der Waals surface area contributed by atoms with Crippen molar-refractivity contribution in [2.24, 2.45) is 5.73 Å². The van der Waals surface area contributed by atoms with E-state index in [1.54, 1.807) is 0 Å². The van der Waals surface area contributed by atoms with Gasteiger partial charge in [-0.25, -0.2) is 0 Å². The van der Waals surface area contributed by atoms with Crippen LogP contribution in [0.2, 0.25) is 0 Å². The largest absolute Gasteiger partial charge is 0.364 e. The fourth-order valence-corrected chi connectivity index (χ4v) is 1.23. The number of alkyl halides is 2. The number of carbonyl (C=O) groups is 1. The van der Waals surface area contributed by atoms with E-state index in [4.69, 9.17) is 5.73 Å². The van der Waals surface area contributed by atoms with Crippen molar-refractivity contribution in [3.05, 3.63) is 10.1 Å². The van der Waals surface area contributed by atoms with Crippen LogP contribution in [0.25, 0.3) is 0 Å². The summed E-state index contributed by atoms with van der Waals surface area (Å²) in [7, 11) is 0. The van der Waals surface area contributed by atoms with Crippen LogP contribution in [0.5, 0.6) is 0 Å². The Morgan fingerprint density at radius 2 is 2.00 bits per heavy atom. The molecule has 0 radical (unpaired) electrons. The van der Waals surface area contributed by atoms with Gasteiger partial charge in [0.05, 0.1) is 0 Å². The van der Waals surface area contributed by atoms with Crippen LogP contribution in [-0.2, 0) is 4.79 Å². The number of nitro groups is 1. The van der Waals surface area contributed by atoms with Gasteiger partial charge in [-0.05, 0) is 0 Å². The summed E-state index contributed by atoms with van der Waals surface area (Å²) in [6.07, 6.45) is 0. The Balaban J connectivity index is 4.27. The van der Waals surface area contributed by atoms with Crippen molar-refractivity contribution in [3.8, 4) is 0 Å². The Morgan fingerprint density at radius 1 is 1.60 bits per heavy atom. The standard InChI is InChI=1S/C3H4Br2N2O3/c4-2(5)1(3(6)8)7(9)10/h1-2H,(H2,6,8). The summed E-state index contributed by atoms with van der Waals surface area (Å²) in [5.41, 5.74) is 4.70. The molecule has 1 unspecified atom stereocenters. The van der Waals surface area contributed by atoms with Crippen LogP contribution in [0.4, 0.5) is 0 Å². The minimum Gasteiger partial charge on any atom is -0.364 e. The summed E-state index contributed by atoms with van der Waals surface area (Å²) in [6.45, 7) is 0. The summed E-state index contributed by atoms with van der Waals surface area (Å²) < 4.78 is -0.715. The highest BCUT2D eigenvalue weighted by Crippen LogP contribution is 2.14. The zero-order valence-corrected chi connectivity index (χ0v) is 7.83. The second kappa shape index (κ2) is 3.87. The summed E-state index contributed by atoms with van der Waals surface area (Å²) in [5, 5.41) is 10.0. The molecule has 5 nitrogen and oxygen atoms in total. The van der Waals surface area contributed by atoms with Crippen LogP contribution >= 0.6 is 31.9 Å². The van der Waals surface area contributed by atoms with Gasteiger partial charge in [0.25, 0.3) is 5.91 Å². The van der Waals surface area contributed by atoms with E-state index in [0.717, 1.165) is 0 Å². The smallest absolute Gasteiger partial charge is 0.311 e. The molecule has 0 aromatic carbocycles. The fraction of sp³-hybridized carbons (Fsp3) is 0.667. The minimum atomic E-state index is -1.42. The van der Waals surface area contributed by atoms with Crippen molar-refractivity contribution < 1.29 is 9.72 Å². The molecular formula is C3H4Br2N2O3. The van der Waals surface area contributed by atoms with E-state index < -0.39 is 20.6 Å². The van der Waals surface area contributed by atoms with Gasteiger partial charge in [-0.15, -0.1) is 0 Å². The van der Waals surface area contributed by atoms with Crippen molar-refractivity contribution in [1.82, 2.24) is 0 Å². The van der Waals surface area contributed by atoms with E-state index in [9.17, 15) is 14.9 Å². The second-order valence-corrected chi connectivity index (χ2v) is 4.67. The molecule has 10 heavy (non-hydrogen) atoms. The zero-order chi connectivity index (χ0) is 8.31. The van der Waals surface area contributed by atoms with Gasteiger partial charge >= 0.3 is 6.04 Å². The average Bonchev–Trinajstić information content (AvgIpc) is 1.59. The number of rotatable bonds is 3. The molecule has 0 fully saturated rings. The number of carbonyl (C=O) groups excluding carboxylic acids is 1. The predicted molar refractivity (Wildman–Crippen MR) is 41.6 cm³/mol. The van der Waals surface area contributed by atoms with E-state index in [1.807, 2.05) is 0 Å². The maximum Gasteiger partial charge on any atom is 0.311 e. The molecular weight excluding hydrogens is 272 g/mol. The molecule has 1 amide bonds. The molecule has 0 saturated carbocycles. The molecule has 7 heteroatoms. The average molecular weight is 276 g/mol. The predicted octanol–water partition coefficient (Wildman–Crippen LogP) is 0.233. The number of primary amides is 1. The van der Waals surface area contributed by atoms with E-state index >= 15 is 0 Å². The molecule has 0 aromatic rings. The van der Waals surface area contributed by atoms with Crippen LogP contribution in [0.1, 0.15) is 0 Å². The van der Waals surface area contributed by atoms with Crippen molar-refractivity contribution in [3.63, 3.8) is 0 Å². The van der Waals surface area contributed by atoms with Gasteiger partial charge in [0, 0.05) is 4.92 Å². The van der Waals surface area contributed by atoms with Crippen LogP contribution in [0.15, 0.2) is 0 Å². The summed E-state index contributed by atoms with van der Waals surface area (Å²) in [6, 6.07) is -1.42. The number of hydrogen-bond acceptors (Lipinski definition) is 3. The third-order valence-electron chi connectivity index (χ3n) is 0.757. The maximum absolute atomic E-state index is 10.3. The first-order chi connectivity index (χ1) is 4.46. The minimum absolute atomic E-state index is 0.715. The Kier molecular flexibility index (Phi) is 3.80. The third kappa shape index (κ3) is 2.61. The quantitative estimate of drug-likeness (QED) is 0.455. The SMILES string of the molecule is NC(=O)C(C(Br)Br)[N+](=O)[O-]. The first-order valence-corrected chi connectivity index (χ1v) is 4.01. The molecule has 0 aliphatic rings. The molecule has 0 saturated heterocycles. The van der Waals surface area contributed by atoms with Gasteiger partial charge in [-0.2, -0.15) is 0 Å². The van der Waals surface area contributed by atoms with E-state index in [2.05, 4.69) is 31.9 Å². The van der Waals surface area contributed by atoms with Crippen LogP contribution < -0.4 is 5.73 Å². The van der Waals surface area contributed by atoms with Gasteiger partial charge < -0.3 is 5.73 Å². The highest BCUT2D eigenvalue weighted by atomic mass is 79.9. The Morgan fingerprint density at radius 3 is 2.00 bits per heavy atom. The molecule has 0 aliphatic heterocycles. The first-order valence-electron chi connectivity index (χ1n) is 2.17. The van der Waals surface area contributed by atoms with Crippen LogP contribution in [-0.4, -0.2) is 20.6 Å². The molecule has 0 aliphatic carbocycles. The van der Waals surface area contributed by atoms with Gasteiger partial charge in [0.2, 0.25) is 0 Å². The lowest BCUT2D eigenvalue weighted by atomic mass is 10.3. The molecule has 2 N–H and O–H groups in total. The highest BCUT2D eigenvalue weighted by molar-refractivity contribution is 9.24. The summed E-state index contributed by atoms with van der Waals surface area (Å²) in [5.74, 6) is -0.969. The second-order valence-electron chi connectivity index (χ2n) is 1.47. The number of halogens is 2. The Bertz CT molecular complexity index is 146. The lowest BCUT2D eigenvalue weighted by molar-refractivity contribution is -0.502. The number of nitrogens with two attached hydrogens (primary N) is 1. The lowest BCUT2D eigenvalue weighted by Crippen LogP contribution is -2.39. The zero-order valence-electron chi connectivity index (χ0n) is 4.66. The molecule has 0 spiro atoms. The van der Waals surface area contributed by atoms with Gasteiger partial charge in [-0.3, -0.25) is 14.9 Å². The van der Waals surface area contributed by atoms with Crippen molar-refractivity contribution in [2.75, 3.05) is 0 Å². The highest BCUT2D eigenvalue weighted by Gasteiger charge is 2.33. The fourth-order valence-electron chi connectivity index (χ4n) is 0.320. The summed E-state index contributed by atoms with van der Waals surface area (Å²) >= 11 is 5.63. The van der Waals surface area contributed by atoms with Crippen molar-refractivity contribution >= 4 is 37.8 Å². The van der Waals surface area contributed by atoms with Crippen LogP contribution in [0, 0.1) is 10.1 Å². The molecule has 1 atom stereocenters. The summed E-state index contributed by atoms with van der Waals surface area (Å²) in [4.78, 5) is 19.6. The van der Waals surface area contributed by atoms with E-state index in [1.165, 1.54) is 0 Å². The molecule has 0 bridgehead atoms. The van der Waals surface area contributed by atoms with Gasteiger partial charge in [-0.1, -0.05) is 31.9 Å². The first kappa shape index (κ1) is 9.83. The molecule has 58 valence electrons. The Labute approximate surface area is 73.4 Å². The van der Waals surface area contributed by atoms with Crippen LogP contribution in [0.3, 0.4) is 0 Å². The van der Waals surface area contributed by atoms with Gasteiger partial charge in [0.15, 0.2) is 0 Å². The molecule has 0 aromatic heterocycles. The third-order valence-corrected chi connectivity index (χ3v) is 1.76. The van der Waals surface area contributed by atoms with Crippen molar-refractivity contribution in [2.45, 2.75) is 9.78 Å². The normalized spacial score (nSPS) is 13.1. The molecule has 0 heterocycles. The maximum atomic E-state index is 10.3. The number of hydrogen-bond donors (Lipinski definition) is 1. The van der Waals surface area contributed by atoms with Crippen molar-refractivity contribution in [1.29, 1.82) is 0 Å². The van der Waals surface area contributed by atoms with E-state index in [0.29, 0.717) is 0 Å². The van der Waals surface area contributed by atoms with Gasteiger partial charge in [0.1, 0.15) is 3.74 Å². The van der Waals surface area contributed by atoms with E-state index in [-0.39, 0.29) is 0 Å². The topological polar surface area (TPSA) is 86.2 Å². The number of amides is 1.